The molecule has 0 heterocycles. The average Bonchev–Trinajstić information content (AvgIpc) is 2.50. The van der Waals surface area contributed by atoms with Gasteiger partial charge in [0.25, 0.3) is 5.91 Å². The maximum atomic E-state index is 12.0. The van der Waals surface area contributed by atoms with Crippen LogP contribution in [0.1, 0.15) is 55.3 Å². The van der Waals surface area contributed by atoms with Crippen molar-refractivity contribution in [2.24, 2.45) is 0 Å². The van der Waals surface area contributed by atoms with Crippen molar-refractivity contribution >= 4 is 39.4 Å². The van der Waals surface area contributed by atoms with Crippen LogP contribution in [0.2, 0.25) is 5.02 Å². The van der Waals surface area contributed by atoms with Gasteiger partial charge in [0.1, 0.15) is 0 Å². The third-order valence-electron chi connectivity index (χ3n) is 3.95. The first-order valence-corrected chi connectivity index (χ1v) is 9.15. The van der Waals surface area contributed by atoms with E-state index in [0.717, 1.165) is 30.2 Å². The van der Waals surface area contributed by atoms with Crippen LogP contribution in [-0.4, -0.2) is 24.5 Å². The first-order chi connectivity index (χ1) is 11.1. The van der Waals surface area contributed by atoms with Gasteiger partial charge in [0, 0.05) is 10.5 Å². The SMILES string of the molecule is O=C(COC(=O)c1cc(Br)ccc1Cl)NC1CCCCCCC1. The van der Waals surface area contributed by atoms with E-state index >= 15 is 0 Å². The Morgan fingerprint density at radius 1 is 1.17 bits per heavy atom. The number of halogens is 2. The smallest absolute Gasteiger partial charge is 0.340 e. The fourth-order valence-corrected chi connectivity index (χ4v) is 3.29. The van der Waals surface area contributed by atoms with Gasteiger partial charge in [0.05, 0.1) is 10.6 Å². The van der Waals surface area contributed by atoms with Gasteiger partial charge in [0.2, 0.25) is 0 Å². The molecule has 1 amide bonds. The highest BCUT2D eigenvalue weighted by molar-refractivity contribution is 9.10. The Hall–Kier alpha value is -1.07. The molecule has 0 aliphatic heterocycles. The molecule has 0 aromatic heterocycles. The van der Waals surface area contributed by atoms with Gasteiger partial charge in [-0.3, -0.25) is 4.79 Å². The molecule has 0 unspecified atom stereocenters. The molecule has 1 aliphatic carbocycles. The summed E-state index contributed by atoms with van der Waals surface area (Å²) in [7, 11) is 0. The van der Waals surface area contributed by atoms with Gasteiger partial charge in [-0.2, -0.15) is 0 Å². The molecule has 126 valence electrons. The number of carbonyl (C=O) groups excluding carboxylic acids is 2. The van der Waals surface area contributed by atoms with Crippen molar-refractivity contribution < 1.29 is 14.3 Å². The topological polar surface area (TPSA) is 55.4 Å². The van der Waals surface area contributed by atoms with E-state index in [2.05, 4.69) is 21.2 Å². The van der Waals surface area contributed by atoms with Crippen molar-refractivity contribution in [3.63, 3.8) is 0 Å². The second-order valence-corrected chi connectivity index (χ2v) is 7.13. The minimum absolute atomic E-state index is 0.191. The molecular formula is C17H21BrClNO3. The Bertz CT molecular complexity index is 557. The van der Waals surface area contributed by atoms with E-state index in [1.807, 2.05) is 0 Å². The van der Waals surface area contributed by atoms with Crippen LogP contribution in [0, 0.1) is 0 Å². The third kappa shape index (κ3) is 6.15. The minimum atomic E-state index is -0.593. The zero-order chi connectivity index (χ0) is 16.7. The minimum Gasteiger partial charge on any atom is -0.452 e. The fourth-order valence-electron chi connectivity index (χ4n) is 2.73. The molecular weight excluding hydrogens is 382 g/mol. The summed E-state index contributed by atoms with van der Waals surface area (Å²) in [4.78, 5) is 24.0. The Morgan fingerprint density at radius 2 is 1.83 bits per heavy atom. The van der Waals surface area contributed by atoms with Crippen LogP contribution in [0.15, 0.2) is 22.7 Å². The predicted molar refractivity (Wildman–Crippen MR) is 93.7 cm³/mol. The molecule has 0 spiro atoms. The van der Waals surface area contributed by atoms with E-state index in [-0.39, 0.29) is 24.1 Å². The van der Waals surface area contributed by atoms with E-state index in [0.29, 0.717) is 5.02 Å². The molecule has 0 radical (unpaired) electrons. The number of rotatable bonds is 4. The van der Waals surface area contributed by atoms with Gasteiger partial charge in [-0.1, -0.05) is 59.6 Å². The van der Waals surface area contributed by atoms with Gasteiger partial charge in [-0.25, -0.2) is 4.79 Å². The Kier molecular flexibility index (Phi) is 7.37. The van der Waals surface area contributed by atoms with Crippen molar-refractivity contribution in [2.75, 3.05) is 6.61 Å². The Labute approximate surface area is 150 Å². The number of amides is 1. The van der Waals surface area contributed by atoms with E-state index in [9.17, 15) is 9.59 Å². The zero-order valence-corrected chi connectivity index (χ0v) is 15.3. The van der Waals surface area contributed by atoms with Gasteiger partial charge < -0.3 is 10.1 Å². The number of benzene rings is 1. The summed E-state index contributed by atoms with van der Waals surface area (Å²) in [5.41, 5.74) is 0.250. The first-order valence-electron chi connectivity index (χ1n) is 7.98. The number of carbonyl (C=O) groups is 2. The van der Waals surface area contributed by atoms with Crippen LogP contribution in [0.25, 0.3) is 0 Å². The highest BCUT2D eigenvalue weighted by Gasteiger charge is 2.17. The summed E-state index contributed by atoms with van der Waals surface area (Å²) in [6, 6.07) is 5.12. The van der Waals surface area contributed by atoms with Crippen LogP contribution < -0.4 is 5.32 Å². The number of hydrogen-bond acceptors (Lipinski definition) is 3. The van der Waals surface area contributed by atoms with Crippen LogP contribution in [-0.2, 0) is 9.53 Å². The van der Waals surface area contributed by atoms with Crippen molar-refractivity contribution in [3.05, 3.63) is 33.3 Å². The molecule has 0 atom stereocenters. The third-order valence-corrected chi connectivity index (χ3v) is 4.78. The van der Waals surface area contributed by atoms with Crippen LogP contribution in [0.5, 0.6) is 0 Å². The van der Waals surface area contributed by atoms with Crippen molar-refractivity contribution in [1.82, 2.24) is 5.32 Å². The molecule has 23 heavy (non-hydrogen) atoms. The molecule has 1 N–H and O–H groups in total. The van der Waals surface area contributed by atoms with Crippen LogP contribution in [0.4, 0.5) is 0 Å². The number of esters is 1. The monoisotopic (exact) mass is 401 g/mol. The highest BCUT2D eigenvalue weighted by atomic mass is 79.9. The second kappa shape index (κ2) is 9.28. The Balaban J connectivity index is 1.81. The number of ether oxygens (including phenoxy) is 1. The molecule has 0 saturated heterocycles. The molecule has 1 aromatic carbocycles. The normalized spacial score (nSPS) is 16.3. The van der Waals surface area contributed by atoms with Crippen molar-refractivity contribution in [1.29, 1.82) is 0 Å². The molecule has 4 nitrogen and oxygen atoms in total. The Morgan fingerprint density at radius 3 is 2.52 bits per heavy atom. The summed E-state index contributed by atoms with van der Waals surface area (Å²) in [5, 5.41) is 3.27. The lowest BCUT2D eigenvalue weighted by Gasteiger charge is -2.20. The van der Waals surface area contributed by atoms with Gasteiger partial charge in [0.15, 0.2) is 6.61 Å². The number of hydrogen-bond donors (Lipinski definition) is 1. The van der Waals surface area contributed by atoms with Crippen LogP contribution in [0.3, 0.4) is 0 Å². The first kappa shape index (κ1) is 18.3. The molecule has 2 rings (SSSR count). The standard InChI is InChI=1S/C17H21BrClNO3/c18-12-8-9-15(19)14(10-12)17(22)23-11-16(21)20-13-6-4-2-1-3-5-7-13/h8-10,13H,1-7,11H2,(H,20,21). The largest absolute Gasteiger partial charge is 0.452 e. The molecule has 6 heteroatoms. The van der Waals surface area contributed by atoms with Gasteiger partial charge in [-0.15, -0.1) is 0 Å². The number of nitrogens with one attached hydrogen (secondary N) is 1. The van der Waals surface area contributed by atoms with E-state index in [1.165, 1.54) is 19.3 Å². The fraction of sp³-hybridized carbons (Fsp3) is 0.529. The molecule has 1 aliphatic rings. The van der Waals surface area contributed by atoms with Gasteiger partial charge >= 0.3 is 5.97 Å². The van der Waals surface area contributed by atoms with E-state index in [4.69, 9.17) is 16.3 Å². The second-order valence-electron chi connectivity index (χ2n) is 5.81. The van der Waals surface area contributed by atoms with E-state index in [1.54, 1.807) is 18.2 Å². The predicted octanol–water partition coefficient (Wildman–Crippen LogP) is 4.49. The maximum Gasteiger partial charge on any atom is 0.340 e. The summed E-state index contributed by atoms with van der Waals surface area (Å²) in [5.74, 6) is -0.848. The van der Waals surface area contributed by atoms with Crippen LogP contribution >= 0.6 is 27.5 Å². The molecule has 1 saturated carbocycles. The lowest BCUT2D eigenvalue weighted by molar-refractivity contribution is -0.125. The maximum absolute atomic E-state index is 12.0. The summed E-state index contributed by atoms with van der Waals surface area (Å²) >= 11 is 9.25. The van der Waals surface area contributed by atoms with Crippen molar-refractivity contribution in [3.8, 4) is 0 Å². The lowest BCUT2D eigenvalue weighted by atomic mass is 9.97. The molecule has 1 fully saturated rings. The van der Waals surface area contributed by atoms with E-state index < -0.39 is 5.97 Å². The highest BCUT2D eigenvalue weighted by Crippen LogP contribution is 2.22. The summed E-state index contributed by atoms with van der Waals surface area (Å²) < 4.78 is 5.80. The average molecular weight is 403 g/mol. The molecule has 1 aromatic rings. The summed E-state index contributed by atoms with van der Waals surface area (Å²) in [6.07, 6.45) is 8.00. The van der Waals surface area contributed by atoms with Gasteiger partial charge in [-0.05, 0) is 31.0 Å². The van der Waals surface area contributed by atoms with Crippen molar-refractivity contribution in [2.45, 2.75) is 51.0 Å². The zero-order valence-electron chi connectivity index (χ0n) is 12.9. The summed E-state index contributed by atoms with van der Waals surface area (Å²) in [6.45, 7) is -0.280. The molecule has 0 bridgehead atoms. The quantitative estimate of drug-likeness (QED) is 0.755. The lowest BCUT2D eigenvalue weighted by Crippen LogP contribution is -2.38.